The summed E-state index contributed by atoms with van der Waals surface area (Å²) in [6.07, 6.45) is 29.7. The quantitative estimate of drug-likeness (QED) is 0.0263. The molecule has 270 valence electrons. The normalized spacial score (nSPS) is 11.6. The van der Waals surface area contributed by atoms with Crippen LogP contribution in [-0.4, -0.2) is 29.5 Å². The van der Waals surface area contributed by atoms with Crippen molar-refractivity contribution in [1.82, 2.24) is 0 Å². The van der Waals surface area contributed by atoms with Crippen LogP contribution in [0.4, 0.5) is 5.69 Å². The fourth-order valence-corrected chi connectivity index (χ4v) is 7.24. The van der Waals surface area contributed by atoms with Gasteiger partial charge in [0.1, 0.15) is 0 Å². The maximum atomic E-state index is 13.4. The second kappa shape index (κ2) is 26.8. The van der Waals surface area contributed by atoms with Gasteiger partial charge in [-0.1, -0.05) is 168 Å². The van der Waals surface area contributed by atoms with Crippen molar-refractivity contribution in [2.75, 3.05) is 0 Å². The number of nitrogens with zero attached hydrogens (tertiary/aromatic N) is 1. The number of carbonyl (C=O) groups is 2. The number of carbonyl (C=O) groups excluding carboxylic acids is 2. The van der Waals surface area contributed by atoms with Gasteiger partial charge in [0.2, 0.25) is 0 Å². The van der Waals surface area contributed by atoms with Crippen LogP contribution in [0.5, 0.6) is 0 Å². The van der Waals surface area contributed by atoms with Crippen molar-refractivity contribution >= 4 is 27.4 Å². The summed E-state index contributed by atoms with van der Waals surface area (Å²) in [6.45, 7) is 4.45. The van der Waals surface area contributed by atoms with Crippen LogP contribution >= 0.6 is 0 Å². The van der Waals surface area contributed by atoms with Gasteiger partial charge in [0.15, 0.2) is 16.5 Å². The maximum absolute atomic E-state index is 13.4. The van der Waals surface area contributed by atoms with E-state index >= 15 is 0 Å². The van der Waals surface area contributed by atoms with E-state index in [1.165, 1.54) is 115 Å². The summed E-state index contributed by atoms with van der Waals surface area (Å²) in [5.41, 5.74) is -1.57. The van der Waals surface area contributed by atoms with Crippen molar-refractivity contribution in [2.45, 2.75) is 199 Å². The van der Waals surface area contributed by atoms with E-state index in [1.54, 1.807) is 0 Å². The molecule has 0 aromatic heterocycles. The number of unbranched alkanes of at least 4 members (excludes halogenated alkanes) is 24. The Balaban J connectivity index is 2.59. The number of Topliss-reactive ketones (excluding diaryl/α,β-unsaturated/α-hetero) is 2. The summed E-state index contributed by atoms with van der Waals surface area (Å²) in [5.74, 6) is -1.08. The van der Waals surface area contributed by atoms with Crippen LogP contribution in [0.1, 0.15) is 214 Å². The molecule has 1 aromatic carbocycles. The Morgan fingerprint density at radius 2 is 0.894 bits per heavy atom. The van der Waals surface area contributed by atoms with Crippen LogP contribution in [0.15, 0.2) is 17.0 Å². The minimum absolute atomic E-state index is 0.0412. The summed E-state index contributed by atoms with van der Waals surface area (Å²) >= 11 is 0. The van der Waals surface area contributed by atoms with Crippen molar-refractivity contribution < 1.29 is 27.5 Å². The Hall–Kier alpha value is -2.13. The van der Waals surface area contributed by atoms with Crippen LogP contribution in [0.2, 0.25) is 0 Å². The highest BCUT2D eigenvalue weighted by molar-refractivity contribution is 7.86. The number of rotatable bonds is 32. The third-order valence-corrected chi connectivity index (χ3v) is 10.1. The van der Waals surface area contributed by atoms with E-state index in [1.807, 2.05) is 0 Å². The highest BCUT2D eigenvalue weighted by atomic mass is 32.2. The summed E-state index contributed by atoms with van der Waals surface area (Å²) in [7, 11) is -5.13. The van der Waals surface area contributed by atoms with Gasteiger partial charge in [-0.2, -0.15) is 8.42 Å². The van der Waals surface area contributed by atoms with Crippen molar-refractivity contribution in [3.8, 4) is 0 Å². The maximum Gasteiger partial charge on any atom is 0.302 e. The molecule has 47 heavy (non-hydrogen) atoms. The van der Waals surface area contributed by atoms with Crippen molar-refractivity contribution in [3.05, 3.63) is 33.4 Å². The van der Waals surface area contributed by atoms with Gasteiger partial charge >= 0.3 is 10.1 Å². The minimum atomic E-state index is -5.13. The van der Waals surface area contributed by atoms with Gasteiger partial charge in [-0.15, -0.1) is 0 Å². The average Bonchev–Trinajstić information content (AvgIpc) is 3.04. The molecule has 1 aromatic rings. The van der Waals surface area contributed by atoms with Gasteiger partial charge in [-0.3, -0.25) is 24.3 Å². The van der Waals surface area contributed by atoms with E-state index in [9.17, 15) is 32.7 Å². The molecule has 9 heteroatoms. The van der Waals surface area contributed by atoms with E-state index in [0.717, 1.165) is 51.0 Å². The molecule has 1 rings (SSSR count). The largest absolute Gasteiger partial charge is 0.302 e. The zero-order valence-electron chi connectivity index (χ0n) is 29.7. The molecule has 0 unspecified atom stereocenters. The summed E-state index contributed by atoms with van der Waals surface area (Å²) in [5, 5.41) is 11.7. The highest BCUT2D eigenvalue weighted by Crippen LogP contribution is 2.32. The molecular weight excluding hydrogens is 614 g/mol. The van der Waals surface area contributed by atoms with Crippen molar-refractivity contribution in [1.29, 1.82) is 0 Å². The lowest BCUT2D eigenvalue weighted by Gasteiger charge is -2.13. The molecule has 0 atom stereocenters. The number of nitro groups is 1. The van der Waals surface area contributed by atoms with E-state index in [0.29, 0.717) is 12.8 Å². The second-order valence-corrected chi connectivity index (χ2v) is 14.8. The smallest absolute Gasteiger partial charge is 0.294 e. The van der Waals surface area contributed by atoms with Gasteiger partial charge in [0.25, 0.3) is 5.69 Å². The summed E-state index contributed by atoms with van der Waals surface area (Å²) < 4.78 is 34.6. The molecule has 0 spiro atoms. The summed E-state index contributed by atoms with van der Waals surface area (Å²) in [4.78, 5) is 36.2. The molecule has 8 nitrogen and oxygen atoms in total. The van der Waals surface area contributed by atoms with Crippen molar-refractivity contribution in [3.63, 3.8) is 0 Å². The molecule has 0 fully saturated rings. The van der Waals surface area contributed by atoms with Gasteiger partial charge in [-0.25, -0.2) is 0 Å². The molecule has 0 heterocycles. The predicted octanol–water partition coefficient (Wildman–Crippen LogP) is 12.2. The van der Waals surface area contributed by atoms with Crippen LogP contribution in [0, 0.1) is 10.1 Å². The molecule has 0 amide bonds. The number of benzene rings is 1. The lowest BCUT2D eigenvalue weighted by molar-refractivity contribution is -0.387. The minimum Gasteiger partial charge on any atom is -0.294 e. The molecule has 0 saturated heterocycles. The number of hydrogen-bond donors (Lipinski definition) is 1. The molecule has 0 bridgehead atoms. The van der Waals surface area contributed by atoms with E-state index in [2.05, 4.69) is 13.8 Å². The van der Waals surface area contributed by atoms with Gasteiger partial charge in [0, 0.05) is 24.5 Å². The topological polar surface area (TPSA) is 132 Å². The van der Waals surface area contributed by atoms with Crippen LogP contribution < -0.4 is 0 Å². The highest BCUT2D eigenvalue weighted by Gasteiger charge is 2.34. The Bertz CT molecular complexity index is 1130. The SMILES string of the molecule is CCCCCCCCCCCCCCCC(=O)c1ccc([N+](=O)[O-])c(S(=O)(=O)O)c1C(=O)CCCCCCCCCCCCCCC. The Labute approximate surface area is 286 Å². The first-order valence-electron chi connectivity index (χ1n) is 19.0. The van der Waals surface area contributed by atoms with Gasteiger partial charge < -0.3 is 0 Å². The average molecular weight is 680 g/mol. The third kappa shape index (κ3) is 19.5. The Morgan fingerprint density at radius 3 is 1.21 bits per heavy atom. The first-order valence-corrected chi connectivity index (χ1v) is 20.4. The molecule has 0 aliphatic carbocycles. The number of hydrogen-bond acceptors (Lipinski definition) is 6. The fraction of sp³-hybridized carbons (Fsp3) is 0.789. The molecule has 0 aliphatic rings. The van der Waals surface area contributed by atoms with E-state index in [4.69, 9.17) is 0 Å². The molecular formula is C38H65NO7S. The lowest BCUT2D eigenvalue weighted by atomic mass is 9.93. The number of ketones is 2. The predicted molar refractivity (Wildman–Crippen MR) is 192 cm³/mol. The molecule has 1 N–H and O–H groups in total. The van der Waals surface area contributed by atoms with E-state index in [-0.39, 0.29) is 18.4 Å². The zero-order valence-corrected chi connectivity index (χ0v) is 30.5. The molecule has 0 radical (unpaired) electrons. The molecule has 0 aliphatic heterocycles. The van der Waals surface area contributed by atoms with Crippen LogP contribution in [-0.2, 0) is 10.1 Å². The van der Waals surface area contributed by atoms with Crippen molar-refractivity contribution in [2.24, 2.45) is 0 Å². The second-order valence-electron chi connectivity index (χ2n) is 13.4. The monoisotopic (exact) mass is 679 g/mol. The Kier molecular flexibility index (Phi) is 24.4. The number of nitro benzene ring substituents is 1. The lowest BCUT2D eigenvalue weighted by Crippen LogP contribution is -2.17. The first-order chi connectivity index (χ1) is 22.6. The van der Waals surface area contributed by atoms with Gasteiger partial charge in [0.05, 0.1) is 10.5 Å². The first kappa shape index (κ1) is 42.9. The fourth-order valence-electron chi connectivity index (χ4n) is 6.35. The van der Waals surface area contributed by atoms with Crippen LogP contribution in [0.3, 0.4) is 0 Å². The standard InChI is InChI=1S/C38H65NO7S/c1-3-5-7-9-11-13-15-17-19-21-23-25-27-29-35(40)33-31-32-34(39(42)43)38(47(44,45)46)37(33)36(41)30-28-26-24-22-20-18-16-14-12-10-8-6-4-2/h31-32H,3-30H2,1-2H3,(H,44,45,46). The van der Waals surface area contributed by atoms with Crippen LogP contribution in [0.25, 0.3) is 0 Å². The van der Waals surface area contributed by atoms with Gasteiger partial charge in [-0.05, 0) is 18.9 Å². The zero-order chi connectivity index (χ0) is 34.8. The molecule has 0 saturated carbocycles. The van der Waals surface area contributed by atoms with E-state index < -0.39 is 42.8 Å². The Morgan fingerprint density at radius 1 is 0.574 bits per heavy atom. The third-order valence-electron chi connectivity index (χ3n) is 9.19. The summed E-state index contributed by atoms with van der Waals surface area (Å²) in [6, 6.07) is 2.08.